The lowest BCUT2D eigenvalue weighted by Gasteiger charge is -2.23. The van der Waals surface area contributed by atoms with Crippen molar-refractivity contribution in [2.75, 3.05) is 33.0 Å². The number of benzene rings is 3. The molecule has 0 aromatic heterocycles. The van der Waals surface area contributed by atoms with Crippen molar-refractivity contribution in [3.63, 3.8) is 0 Å². The van der Waals surface area contributed by atoms with Crippen LogP contribution in [0.15, 0.2) is 54.6 Å². The first-order valence-corrected chi connectivity index (χ1v) is 18.3. The van der Waals surface area contributed by atoms with Gasteiger partial charge in [0.2, 0.25) is 17.7 Å². The van der Waals surface area contributed by atoms with Gasteiger partial charge in [-0.25, -0.2) is 9.59 Å². The molecule has 0 aliphatic heterocycles. The lowest BCUT2D eigenvalue weighted by atomic mass is 9.99. The summed E-state index contributed by atoms with van der Waals surface area (Å²) >= 11 is 0. The Balaban J connectivity index is 1.93. The SMILES string of the molecule is NC(=O)COCCOCCNC(=O)C(CCC(=O)O)NC(=O)C(CCC(=O)O)NC(=O)c1cc(/C=C/c2ccc(O)c(C(=O)O)c2)ccc1/C=C/c1ccc(O)c(C(=O)O)c1. The second kappa shape index (κ2) is 23.7. The zero-order valence-corrected chi connectivity index (χ0v) is 32.4. The fraction of sp³-hybridized carbons (Fsp3) is 0.268. The van der Waals surface area contributed by atoms with E-state index in [0.717, 1.165) is 0 Å². The van der Waals surface area contributed by atoms with E-state index in [1.54, 1.807) is 6.07 Å². The molecule has 0 heterocycles. The highest BCUT2D eigenvalue weighted by molar-refractivity contribution is 6.02. The van der Waals surface area contributed by atoms with Gasteiger partial charge in [-0.05, 0) is 65.4 Å². The standard InChI is InChI=1S/C41H44N4O16/c42-34(48)22-61-18-17-60-16-15-43-38(54)30(9-13-35(49)50)45-39(55)31(10-14-36(51)52)44-37(53)27-19-23(1-2-24-5-11-32(46)28(20-24)40(56)57)3-7-26(27)8-4-25-6-12-33(47)29(21-25)41(58)59/h1-8,11-12,19-21,30-31,46-47H,9-10,13-18,22H2,(H2,42,48)(H,43,54)(H,44,53)(H,45,55)(H,49,50)(H,51,52)(H,56,57)(H,58,59)/b2-1+,8-4+. The molecule has 20 heteroatoms. The predicted octanol–water partition coefficient (Wildman–Crippen LogP) is 1.78. The molecule has 0 spiro atoms. The number of carboxylic acids is 4. The van der Waals surface area contributed by atoms with Crippen LogP contribution in [0.2, 0.25) is 0 Å². The summed E-state index contributed by atoms with van der Waals surface area (Å²) < 4.78 is 10.2. The molecule has 4 amide bonds. The monoisotopic (exact) mass is 848 g/mol. The molecule has 11 N–H and O–H groups in total. The molecule has 2 atom stereocenters. The summed E-state index contributed by atoms with van der Waals surface area (Å²) in [5.74, 6) is -9.68. The Hall–Kier alpha value is -7.58. The van der Waals surface area contributed by atoms with Crippen LogP contribution in [0.5, 0.6) is 11.5 Å². The van der Waals surface area contributed by atoms with E-state index in [1.165, 1.54) is 72.8 Å². The van der Waals surface area contributed by atoms with Crippen molar-refractivity contribution < 1.29 is 78.5 Å². The normalized spacial score (nSPS) is 12.1. The van der Waals surface area contributed by atoms with Gasteiger partial charge in [-0.2, -0.15) is 0 Å². The highest BCUT2D eigenvalue weighted by atomic mass is 16.5. The molecule has 0 fully saturated rings. The average Bonchev–Trinajstić information content (AvgIpc) is 3.20. The van der Waals surface area contributed by atoms with Gasteiger partial charge in [-0.1, -0.05) is 48.6 Å². The molecule has 324 valence electrons. The van der Waals surface area contributed by atoms with Crippen LogP contribution >= 0.6 is 0 Å². The number of carbonyl (C=O) groups excluding carboxylic acids is 4. The molecule has 20 nitrogen and oxygen atoms in total. The third-order valence-electron chi connectivity index (χ3n) is 8.46. The Labute approximate surface area is 347 Å². The van der Waals surface area contributed by atoms with Gasteiger partial charge in [0.05, 0.1) is 19.8 Å². The quantitative estimate of drug-likeness (QED) is 0.0429. The number of aliphatic carboxylic acids is 2. The fourth-order valence-electron chi connectivity index (χ4n) is 5.40. The van der Waals surface area contributed by atoms with E-state index in [4.69, 9.17) is 15.2 Å². The van der Waals surface area contributed by atoms with Crippen LogP contribution in [0.3, 0.4) is 0 Å². The maximum Gasteiger partial charge on any atom is 0.339 e. The van der Waals surface area contributed by atoms with Crippen LogP contribution in [0.1, 0.15) is 79.0 Å². The second-order valence-corrected chi connectivity index (χ2v) is 13.1. The van der Waals surface area contributed by atoms with Crippen molar-refractivity contribution in [1.82, 2.24) is 16.0 Å². The van der Waals surface area contributed by atoms with Crippen molar-refractivity contribution in [2.45, 2.75) is 37.8 Å². The molecule has 2 unspecified atom stereocenters. The summed E-state index contributed by atoms with van der Waals surface area (Å²) in [5.41, 5.74) is 5.44. The number of carboxylic acid groups (broad SMARTS) is 4. The molecule has 0 bridgehead atoms. The van der Waals surface area contributed by atoms with E-state index >= 15 is 0 Å². The number of hydrogen-bond acceptors (Lipinski definition) is 12. The average molecular weight is 849 g/mol. The molecule has 0 saturated carbocycles. The Morgan fingerprint density at radius 2 is 1.07 bits per heavy atom. The minimum absolute atomic E-state index is 0.0284. The lowest BCUT2D eigenvalue weighted by molar-refractivity contribution is -0.139. The van der Waals surface area contributed by atoms with Crippen LogP contribution in [0.4, 0.5) is 0 Å². The van der Waals surface area contributed by atoms with Crippen LogP contribution < -0.4 is 21.7 Å². The summed E-state index contributed by atoms with van der Waals surface area (Å²) in [7, 11) is 0. The topological polar surface area (TPSA) is 339 Å². The molecule has 3 rings (SSSR count). The summed E-state index contributed by atoms with van der Waals surface area (Å²) in [5, 5.41) is 64.7. The van der Waals surface area contributed by atoms with Crippen molar-refractivity contribution in [3.05, 3.63) is 93.5 Å². The summed E-state index contributed by atoms with van der Waals surface area (Å²) in [6.07, 6.45) is 3.90. The Morgan fingerprint density at radius 1 is 0.590 bits per heavy atom. The van der Waals surface area contributed by atoms with Gasteiger partial charge in [-0.3, -0.25) is 28.8 Å². The number of amides is 4. The number of hydrogen-bond donors (Lipinski definition) is 10. The van der Waals surface area contributed by atoms with Crippen molar-refractivity contribution >= 4 is 71.8 Å². The van der Waals surface area contributed by atoms with Crippen molar-refractivity contribution in [2.24, 2.45) is 5.73 Å². The summed E-state index contributed by atoms with van der Waals surface area (Å²) in [6.45, 7) is -0.321. The van der Waals surface area contributed by atoms with Crippen LogP contribution in [0.25, 0.3) is 24.3 Å². The summed E-state index contributed by atoms with van der Waals surface area (Å²) in [6, 6.07) is 9.08. The first-order chi connectivity index (χ1) is 28.9. The van der Waals surface area contributed by atoms with Crippen molar-refractivity contribution in [3.8, 4) is 11.5 Å². The first kappa shape index (κ1) is 47.8. The molecule has 3 aromatic carbocycles. The minimum Gasteiger partial charge on any atom is -0.507 e. The van der Waals surface area contributed by atoms with E-state index in [-0.39, 0.29) is 61.6 Å². The molecule has 0 radical (unpaired) electrons. The second-order valence-electron chi connectivity index (χ2n) is 13.1. The highest BCUT2D eigenvalue weighted by Gasteiger charge is 2.28. The molecule has 61 heavy (non-hydrogen) atoms. The van der Waals surface area contributed by atoms with Gasteiger partial charge < -0.3 is 61.8 Å². The number of ether oxygens (including phenoxy) is 2. The molecule has 0 aliphatic carbocycles. The van der Waals surface area contributed by atoms with Crippen molar-refractivity contribution in [1.29, 1.82) is 0 Å². The maximum atomic E-state index is 14.0. The highest BCUT2D eigenvalue weighted by Crippen LogP contribution is 2.23. The lowest BCUT2D eigenvalue weighted by Crippen LogP contribution is -2.54. The van der Waals surface area contributed by atoms with Gasteiger partial charge in [0.15, 0.2) is 0 Å². The van der Waals surface area contributed by atoms with Gasteiger partial charge in [-0.15, -0.1) is 0 Å². The number of aromatic carboxylic acids is 2. The summed E-state index contributed by atoms with van der Waals surface area (Å²) in [4.78, 5) is 97.6. The van der Waals surface area contributed by atoms with Gasteiger partial charge in [0.25, 0.3) is 5.91 Å². The van der Waals surface area contributed by atoms with E-state index in [1.807, 2.05) is 0 Å². The molecular weight excluding hydrogens is 804 g/mol. The number of rotatable bonds is 25. The Bertz CT molecular complexity index is 2180. The maximum absolute atomic E-state index is 14.0. The Kier molecular flexibility index (Phi) is 18.6. The molecule has 0 aliphatic rings. The zero-order valence-electron chi connectivity index (χ0n) is 32.4. The van der Waals surface area contributed by atoms with Crippen LogP contribution in [-0.2, 0) is 33.4 Å². The fourth-order valence-corrected chi connectivity index (χ4v) is 5.40. The van der Waals surface area contributed by atoms with E-state index < -0.39 is 90.4 Å². The smallest absolute Gasteiger partial charge is 0.339 e. The molecule has 3 aromatic rings. The number of nitrogens with one attached hydrogen (secondary N) is 3. The minimum atomic E-state index is -1.58. The van der Waals surface area contributed by atoms with E-state index in [2.05, 4.69) is 16.0 Å². The number of phenols is 2. The Morgan fingerprint density at radius 3 is 1.57 bits per heavy atom. The van der Waals surface area contributed by atoms with Crippen LogP contribution in [0, 0.1) is 0 Å². The number of aromatic hydroxyl groups is 2. The van der Waals surface area contributed by atoms with Gasteiger partial charge in [0.1, 0.15) is 41.3 Å². The van der Waals surface area contributed by atoms with E-state index in [9.17, 15) is 69.0 Å². The number of carbonyl (C=O) groups is 8. The van der Waals surface area contributed by atoms with Crippen LogP contribution in [-0.4, -0.2) is 123 Å². The molecule has 0 saturated heterocycles. The number of primary amides is 1. The molecular formula is C41H44N4O16. The third-order valence-corrected chi connectivity index (χ3v) is 8.46. The van der Waals surface area contributed by atoms with Gasteiger partial charge in [0, 0.05) is 24.9 Å². The predicted molar refractivity (Wildman–Crippen MR) is 215 cm³/mol. The van der Waals surface area contributed by atoms with E-state index in [0.29, 0.717) is 16.7 Å². The van der Waals surface area contributed by atoms with Gasteiger partial charge >= 0.3 is 23.9 Å². The zero-order chi connectivity index (χ0) is 45.1. The third kappa shape index (κ3) is 16.3. The number of nitrogens with two attached hydrogens (primary N) is 1. The first-order valence-electron chi connectivity index (χ1n) is 18.3. The largest absolute Gasteiger partial charge is 0.507 e.